The molecule has 0 saturated carbocycles. The van der Waals surface area contributed by atoms with Crippen LogP contribution in [0.15, 0.2) is 30.5 Å². The van der Waals surface area contributed by atoms with E-state index in [-0.39, 0.29) is 6.03 Å². The molecular formula is C22H30N4O4. The SMILES string of the molecule is COc1cc(NC(=O)NCc2ccnc(N3CCCCCC3)c2)cc(OC)c1OC. The summed E-state index contributed by atoms with van der Waals surface area (Å²) in [5, 5.41) is 5.69. The molecule has 162 valence electrons. The summed E-state index contributed by atoms with van der Waals surface area (Å²) in [6.45, 7) is 2.47. The summed E-state index contributed by atoms with van der Waals surface area (Å²) >= 11 is 0. The molecule has 8 heteroatoms. The summed E-state index contributed by atoms with van der Waals surface area (Å²) < 4.78 is 15.9. The van der Waals surface area contributed by atoms with Crippen LogP contribution in [0.4, 0.5) is 16.3 Å². The van der Waals surface area contributed by atoms with Gasteiger partial charge in [0.25, 0.3) is 0 Å². The average molecular weight is 415 g/mol. The van der Waals surface area contributed by atoms with Gasteiger partial charge in [-0.25, -0.2) is 9.78 Å². The van der Waals surface area contributed by atoms with Crippen LogP contribution in [0.2, 0.25) is 0 Å². The quantitative estimate of drug-likeness (QED) is 0.717. The predicted molar refractivity (Wildman–Crippen MR) is 117 cm³/mol. The summed E-state index contributed by atoms with van der Waals surface area (Å²) in [7, 11) is 4.60. The second-order valence-electron chi connectivity index (χ2n) is 7.15. The maximum atomic E-state index is 12.4. The Morgan fingerprint density at radius 2 is 1.67 bits per heavy atom. The zero-order chi connectivity index (χ0) is 21.3. The molecule has 1 aliphatic heterocycles. The second kappa shape index (κ2) is 10.6. The van der Waals surface area contributed by atoms with E-state index in [0.29, 0.717) is 29.5 Å². The number of ether oxygens (including phenoxy) is 3. The number of carbonyl (C=O) groups excluding carboxylic acids is 1. The lowest BCUT2D eigenvalue weighted by Crippen LogP contribution is -2.29. The van der Waals surface area contributed by atoms with E-state index in [1.54, 1.807) is 18.3 Å². The first-order chi connectivity index (χ1) is 14.6. The molecule has 0 atom stereocenters. The topological polar surface area (TPSA) is 85.0 Å². The molecule has 2 aromatic rings. The molecule has 2 N–H and O–H groups in total. The minimum absolute atomic E-state index is 0.322. The molecule has 1 aliphatic rings. The average Bonchev–Trinajstić information content (AvgIpc) is 3.07. The van der Waals surface area contributed by atoms with Gasteiger partial charge in [0, 0.05) is 38.0 Å². The third kappa shape index (κ3) is 5.46. The number of carbonyl (C=O) groups is 1. The molecule has 8 nitrogen and oxygen atoms in total. The number of hydrogen-bond donors (Lipinski definition) is 2. The fraction of sp³-hybridized carbons (Fsp3) is 0.455. The largest absolute Gasteiger partial charge is 0.493 e. The van der Waals surface area contributed by atoms with E-state index in [9.17, 15) is 4.79 Å². The van der Waals surface area contributed by atoms with E-state index in [2.05, 4.69) is 20.5 Å². The van der Waals surface area contributed by atoms with E-state index in [1.165, 1.54) is 47.0 Å². The Hall–Kier alpha value is -3.16. The summed E-state index contributed by atoms with van der Waals surface area (Å²) in [5.41, 5.74) is 1.55. The van der Waals surface area contributed by atoms with Gasteiger partial charge >= 0.3 is 6.03 Å². The number of aromatic nitrogens is 1. The molecule has 0 unspecified atom stereocenters. The van der Waals surface area contributed by atoms with Crippen molar-refractivity contribution >= 4 is 17.5 Å². The van der Waals surface area contributed by atoms with Gasteiger partial charge in [0.15, 0.2) is 11.5 Å². The number of methoxy groups -OCH3 is 3. The van der Waals surface area contributed by atoms with Crippen LogP contribution in [0.25, 0.3) is 0 Å². The van der Waals surface area contributed by atoms with E-state index in [0.717, 1.165) is 24.5 Å². The number of benzene rings is 1. The molecule has 30 heavy (non-hydrogen) atoms. The zero-order valence-corrected chi connectivity index (χ0v) is 17.9. The Morgan fingerprint density at radius 3 is 2.27 bits per heavy atom. The van der Waals surface area contributed by atoms with Gasteiger partial charge in [-0.15, -0.1) is 0 Å². The highest BCUT2D eigenvalue weighted by atomic mass is 16.5. The van der Waals surface area contributed by atoms with E-state index >= 15 is 0 Å². The molecule has 1 fully saturated rings. The Morgan fingerprint density at radius 1 is 1.00 bits per heavy atom. The van der Waals surface area contributed by atoms with Gasteiger partial charge in [-0.05, 0) is 30.5 Å². The van der Waals surface area contributed by atoms with Crippen LogP contribution < -0.4 is 29.7 Å². The Labute approximate surface area is 177 Å². The van der Waals surface area contributed by atoms with Gasteiger partial charge in [0.1, 0.15) is 5.82 Å². The lowest BCUT2D eigenvalue weighted by Gasteiger charge is -2.21. The maximum Gasteiger partial charge on any atom is 0.319 e. The highest BCUT2D eigenvalue weighted by molar-refractivity contribution is 5.90. The van der Waals surface area contributed by atoms with E-state index in [4.69, 9.17) is 14.2 Å². The number of amides is 2. The molecule has 0 radical (unpaired) electrons. The fourth-order valence-corrected chi connectivity index (χ4v) is 3.55. The van der Waals surface area contributed by atoms with Crippen molar-refractivity contribution in [2.45, 2.75) is 32.2 Å². The first-order valence-corrected chi connectivity index (χ1v) is 10.2. The smallest absolute Gasteiger partial charge is 0.319 e. The monoisotopic (exact) mass is 414 g/mol. The van der Waals surface area contributed by atoms with Crippen LogP contribution in [0.5, 0.6) is 17.2 Å². The zero-order valence-electron chi connectivity index (χ0n) is 17.9. The van der Waals surface area contributed by atoms with Crippen molar-refractivity contribution in [3.63, 3.8) is 0 Å². The third-order valence-electron chi connectivity index (χ3n) is 5.12. The highest BCUT2D eigenvalue weighted by Gasteiger charge is 2.15. The van der Waals surface area contributed by atoms with Crippen molar-refractivity contribution in [3.8, 4) is 17.2 Å². The van der Waals surface area contributed by atoms with Crippen molar-refractivity contribution in [2.75, 3.05) is 44.6 Å². The number of urea groups is 1. The maximum absolute atomic E-state index is 12.4. The molecule has 0 spiro atoms. The molecule has 1 aromatic carbocycles. The standard InChI is InChI=1S/C22H30N4O4/c1-28-18-13-17(14-19(29-2)21(18)30-3)25-22(27)24-15-16-8-9-23-20(12-16)26-10-6-4-5-7-11-26/h8-9,12-14H,4-7,10-11,15H2,1-3H3,(H2,24,25,27). The van der Waals surface area contributed by atoms with Crippen LogP contribution in [-0.4, -0.2) is 45.4 Å². The number of anilines is 2. The minimum atomic E-state index is -0.322. The fourth-order valence-electron chi connectivity index (χ4n) is 3.55. The van der Waals surface area contributed by atoms with Crippen molar-refractivity contribution in [2.24, 2.45) is 0 Å². The minimum Gasteiger partial charge on any atom is -0.493 e. The van der Waals surface area contributed by atoms with Gasteiger partial charge in [0.2, 0.25) is 5.75 Å². The van der Waals surface area contributed by atoms with Crippen molar-refractivity contribution in [1.82, 2.24) is 10.3 Å². The van der Waals surface area contributed by atoms with Gasteiger partial charge in [0.05, 0.1) is 27.0 Å². The summed E-state index contributed by atoms with van der Waals surface area (Å²) in [4.78, 5) is 19.2. The van der Waals surface area contributed by atoms with Crippen LogP contribution in [-0.2, 0) is 6.54 Å². The van der Waals surface area contributed by atoms with Gasteiger partial charge in [-0.2, -0.15) is 0 Å². The van der Waals surface area contributed by atoms with Gasteiger partial charge in [-0.3, -0.25) is 0 Å². The van der Waals surface area contributed by atoms with Crippen LogP contribution in [0, 0.1) is 0 Å². The second-order valence-corrected chi connectivity index (χ2v) is 7.15. The van der Waals surface area contributed by atoms with Gasteiger partial charge < -0.3 is 29.7 Å². The molecule has 3 rings (SSSR count). The van der Waals surface area contributed by atoms with Gasteiger partial charge in [-0.1, -0.05) is 12.8 Å². The summed E-state index contributed by atoms with van der Waals surface area (Å²) in [6, 6.07) is 7.01. The Balaban J connectivity index is 1.61. The number of rotatable bonds is 7. The molecule has 1 saturated heterocycles. The van der Waals surface area contributed by atoms with Crippen LogP contribution in [0.3, 0.4) is 0 Å². The molecular weight excluding hydrogens is 384 g/mol. The first kappa shape index (κ1) is 21.5. The highest BCUT2D eigenvalue weighted by Crippen LogP contribution is 2.39. The molecule has 2 heterocycles. The number of hydrogen-bond acceptors (Lipinski definition) is 6. The van der Waals surface area contributed by atoms with Crippen molar-refractivity contribution in [3.05, 3.63) is 36.0 Å². The Kier molecular flexibility index (Phi) is 7.59. The normalized spacial score (nSPS) is 13.9. The van der Waals surface area contributed by atoms with E-state index < -0.39 is 0 Å². The first-order valence-electron chi connectivity index (χ1n) is 10.2. The van der Waals surface area contributed by atoms with Crippen molar-refractivity contribution < 1.29 is 19.0 Å². The van der Waals surface area contributed by atoms with Crippen molar-refractivity contribution in [1.29, 1.82) is 0 Å². The number of pyridine rings is 1. The predicted octanol–water partition coefficient (Wildman–Crippen LogP) is 3.81. The number of nitrogens with zero attached hydrogens (tertiary/aromatic N) is 2. The summed E-state index contributed by atoms with van der Waals surface area (Å²) in [5.74, 6) is 2.40. The molecule has 2 amide bonds. The van der Waals surface area contributed by atoms with Crippen LogP contribution >= 0.6 is 0 Å². The van der Waals surface area contributed by atoms with Crippen LogP contribution in [0.1, 0.15) is 31.2 Å². The molecule has 1 aromatic heterocycles. The molecule has 0 aliphatic carbocycles. The number of nitrogens with one attached hydrogen (secondary N) is 2. The lowest BCUT2D eigenvalue weighted by molar-refractivity contribution is 0.251. The lowest BCUT2D eigenvalue weighted by atomic mass is 10.2. The third-order valence-corrected chi connectivity index (χ3v) is 5.12. The summed E-state index contributed by atoms with van der Waals surface area (Å²) in [6.07, 6.45) is 6.74. The Bertz CT molecular complexity index is 826. The van der Waals surface area contributed by atoms with E-state index in [1.807, 2.05) is 12.1 Å². The molecule has 0 bridgehead atoms.